The third kappa shape index (κ3) is 3.18. The van der Waals surface area contributed by atoms with Crippen LogP contribution in [0.25, 0.3) is 0 Å². The second kappa shape index (κ2) is 6.33. The van der Waals surface area contributed by atoms with E-state index in [0.717, 1.165) is 10.4 Å². The van der Waals surface area contributed by atoms with E-state index in [9.17, 15) is 4.79 Å². The predicted octanol–water partition coefficient (Wildman–Crippen LogP) is 2.35. The second-order valence-corrected chi connectivity index (χ2v) is 4.93. The van der Waals surface area contributed by atoms with Crippen molar-refractivity contribution >= 4 is 17.2 Å². The monoisotopic (exact) mass is 260 g/mol. The molecule has 0 saturated heterocycles. The van der Waals surface area contributed by atoms with Crippen LogP contribution >= 0.6 is 11.3 Å². The van der Waals surface area contributed by atoms with Gasteiger partial charge in [-0.2, -0.15) is 0 Å². The molecular weight excluding hydrogens is 244 g/mol. The van der Waals surface area contributed by atoms with Crippen LogP contribution < -0.4 is 5.73 Å². The number of nitrogens with two attached hydrogens (primary N) is 1. The molecule has 0 radical (unpaired) electrons. The summed E-state index contributed by atoms with van der Waals surface area (Å²) < 4.78 is 0. The van der Waals surface area contributed by atoms with Gasteiger partial charge in [-0.25, -0.2) is 0 Å². The molecule has 0 bridgehead atoms. The molecule has 0 aliphatic rings. The van der Waals surface area contributed by atoms with E-state index in [2.05, 4.69) is 0 Å². The van der Waals surface area contributed by atoms with Crippen LogP contribution in [-0.4, -0.2) is 23.9 Å². The maximum atomic E-state index is 12.3. The van der Waals surface area contributed by atoms with Crippen molar-refractivity contribution in [3.05, 3.63) is 58.3 Å². The van der Waals surface area contributed by atoms with Gasteiger partial charge in [0.2, 0.25) is 0 Å². The van der Waals surface area contributed by atoms with Crippen molar-refractivity contribution in [2.24, 2.45) is 5.73 Å². The molecule has 0 fully saturated rings. The molecule has 0 aliphatic carbocycles. The van der Waals surface area contributed by atoms with Gasteiger partial charge in [0.25, 0.3) is 5.91 Å². The summed E-state index contributed by atoms with van der Waals surface area (Å²) in [5.41, 5.74) is 6.70. The Kier molecular flexibility index (Phi) is 4.50. The fraction of sp³-hybridized carbons (Fsp3) is 0.214. The Morgan fingerprint density at radius 1 is 1.17 bits per heavy atom. The van der Waals surface area contributed by atoms with Crippen LogP contribution in [0.1, 0.15) is 15.2 Å². The summed E-state index contributed by atoms with van der Waals surface area (Å²) >= 11 is 1.46. The Balaban J connectivity index is 2.11. The number of thiophene rings is 1. The highest BCUT2D eigenvalue weighted by Crippen LogP contribution is 2.14. The summed E-state index contributed by atoms with van der Waals surface area (Å²) in [4.78, 5) is 14.8. The number of nitrogens with zero attached hydrogens (tertiary/aromatic N) is 1. The zero-order chi connectivity index (χ0) is 12.8. The molecular formula is C14H16N2OS. The zero-order valence-corrected chi connectivity index (χ0v) is 10.9. The molecule has 1 aromatic carbocycles. The van der Waals surface area contributed by atoms with Gasteiger partial charge in [-0.05, 0) is 17.0 Å². The lowest BCUT2D eigenvalue weighted by Gasteiger charge is -2.21. The van der Waals surface area contributed by atoms with Gasteiger partial charge in [-0.15, -0.1) is 11.3 Å². The van der Waals surface area contributed by atoms with Crippen molar-refractivity contribution < 1.29 is 4.79 Å². The number of amides is 1. The van der Waals surface area contributed by atoms with E-state index in [-0.39, 0.29) is 5.91 Å². The highest BCUT2D eigenvalue weighted by molar-refractivity contribution is 7.12. The van der Waals surface area contributed by atoms with Gasteiger partial charge in [0.15, 0.2) is 0 Å². The average Bonchev–Trinajstić information content (AvgIpc) is 2.92. The van der Waals surface area contributed by atoms with Crippen LogP contribution in [0.15, 0.2) is 47.8 Å². The van der Waals surface area contributed by atoms with E-state index < -0.39 is 0 Å². The Morgan fingerprint density at radius 3 is 2.56 bits per heavy atom. The van der Waals surface area contributed by atoms with Crippen molar-refractivity contribution in [3.8, 4) is 0 Å². The Morgan fingerprint density at radius 2 is 1.94 bits per heavy atom. The normalized spacial score (nSPS) is 10.3. The zero-order valence-electron chi connectivity index (χ0n) is 10.1. The Bertz CT molecular complexity index is 482. The van der Waals surface area contributed by atoms with Gasteiger partial charge >= 0.3 is 0 Å². The summed E-state index contributed by atoms with van der Waals surface area (Å²) in [5.74, 6) is 0.0549. The third-order valence-corrected chi connectivity index (χ3v) is 3.49. The topological polar surface area (TPSA) is 46.3 Å². The quantitative estimate of drug-likeness (QED) is 0.897. The maximum absolute atomic E-state index is 12.3. The molecule has 0 unspecified atom stereocenters. The molecule has 1 amide bonds. The summed E-state index contributed by atoms with van der Waals surface area (Å²) in [7, 11) is 0. The van der Waals surface area contributed by atoms with Crippen LogP contribution in [0.5, 0.6) is 0 Å². The molecule has 0 atom stereocenters. The maximum Gasteiger partial charge on any atom is 0.264 e. The van der Waals surface area contributed by atoms with E-state index in [0.29, 0.717) is 19.6 Å². The molecule has 0 saturated carbocycles. The molecule has 94 valence electrons. The average molecular weight is 260 g/mol. The molecule has 3 nitrogen and oxygen atoms in total. The van der Waals surface area contributed by atoms with Crippen molar-refractivity contribution in [1.29, 1.82) is 0 Å². The van der Waals surface area contributed by atoms with E-state index >= 15 is 0 Å². The number of carbonyl (C=O) groups is 1. The lowest BCUT2D eigenvalue weighted by Crippen LogP contribution is -2.34. The first-order chi connectivity index (χ1) is 8.81. The summed E-state index contributed by atoms with van der Waals surface area (Å²) in [6.45, 7) is 1.66. The number of rotatable bonds is 5. The highest BCUT2D eigenvalue weighted by atomic mass is 32.1. The van der Waals surface area contributed by atoms with Crippen LogP contribution in [0.4, 0.5) is 0 Å². The third-order valence-electron chi connectivity index (χ3n) is 2.63. The minimum atomic E-state index is 0.0549. The SMILES string of the molecule is NCCN(Cc1ccccc1)C(=O)c1cccs1. The standard InChI is InChI=1S/C14H16N2OS/c15-8-9-16(11-12-5-2-1-3-6-12)14(17)13-7-4-10-18-13/h1-7,10H,8-9,11,15H2. The molecule has 0 spiro atoms. The molecule has 2 aromatic rings. The Labute approximate surface area is 111 Å². The van der Waals surface area contributed by atoms with Crippen molar-refractivity contribution in [2.45, 2.75) is 6.54 Å². The molecule has 2 N–H and O–H groups in total. The van der Waals surface area contributed by atoms with Gasteiger partial charge < -0.3 is 10.6 Å². The fourth-order valence-corrected chi connectivity index (χ4v) is 2.46. The highest BCUT2D eigenvalue weighted by Gasteiger charge is 2.15. The van der Waals surface area contributed by atoms with Gasteiger partial charge in [0.05, 0.1) is 4.88 Å². The fourth-order valence-electron chi connectivity index (χ4n) is 1.77. The lowest BCUT2D eigenvalue weighted by molar-refractivity contribution is 0.0753. The van der Waals surface area contributed by atoms with Gasteiger partial charge in [-0.3, -0.25) is 4.79 Å². The molecule has 1 aromatic heterocycles. The molecule has 1 heterocycles. The smallest absolute Gasteiger partial charge is 0.264 e. The first kappa shape index (κ1) is 12.8. The molecule has 4 heteroatoms. The second-order valence-electron chi connectivity index (χ2n) is 3.98. The Hall–Kier alpha value is -1.65. The summed E-state index contributed by atoms with van der Waals surface area (Å²) in [5, 5.41) is 1.91. The van der Waals surface area contributed by atoms with Gasteiger partial charge in [0.1, 0.15) is 0 Å². The number of hydrogen-bond donors (Lipinski definition) is 1. The van der Waals surface area contributed by atoms with Crippen LogP contribution in [0.2, 0.25) is 0 Å². The van der Waals surface area contributed by atoms with Crippen LogP contribution in [0.3, 0.4) is 0 Å². The first-order valence-corrected chi connectivity index (χ1v) is 6.76. The van der Waals surface area contributed by atoms with E-state index in [4.69, 9.17) is 5.73 Å². The van der Waals surface area contributed by atoms with E-state index in [1.54, 1.807) is 4.90 Å². The number of carbonyl (C=O) groups excluding carboxylic acids is 1. The van der Waals surface area contributed by atoms with Crippen molar-refractivity contribution in [2.75, 3.05) is 13.1 Å². The van der Waals surface area contributed by atoms with Crippen LogP contribution in [-0.2, 0) is 6.54 Å². The van der Waals surface area contributed by atoms with E-state index in [1.165, 1.54) is 11.3 Å². The minimum Gasteiger partial charge on any atom is -0.332 e. The van der Waals surface area contributed by atoms with Crippen LogP contribution in [0, 0.1) is 0 Å². The predicted molar refractivity (Wildman–Crippen MR) is 74.6 cm³/mol. The minimum absolute atomic E-state index is 0.0549. The molecule has 0 aliphatic heterocycles. The van der Waals surface area contributed by atoms with Gasteiger partial charge in [0, 0.05) is 19.6 Å². The lowest BCUT2D eigenvalue weighted by atomic mass is 10.2. The van der Waals surface area contributed by atoms with Crippen molar-refractivity contribution in [3.63, 3.8) is 0 Å². The molecule has 2 rings (SSSR count). The van der Waals surface area contributed by atoms with E-state index in [1.807, 2.05) is 47.8 Å². The number of hydrogen-bond acceptors (Lipinski definition) is 3. The van der Waals surface area contributed by atoms with Crippen molar-refractivity contribution in [1.82, 2.24) is 4.90 Å². The first-order valence-electron chi connectivity index (χ1n) is 5.88. The number of benzene rings is 1. The van der Waals surface area contributed by atoms with Gasteiger partial charge in [-0.1, -0.05) is 36.4 Å². The summed E-state index contributed by atoms with van der Waals surface area (Å²) in [6, 6.07) is 13.7. The largest absolute Gasteiger partial charge is 0.332 e. The molecule has 18 heavy (non-hydrogen) atoms. The summed E-state index contributed by atoms with van der Waals surface area (Å²) in [6.07, 6.45) is 0.